The Bertz CT molecular complexity index is 1150. The van der Waals surface area contributed by atoms with Crippen molar-refractivity contribution in [1.82, 2.24) is 20.0 Å². The molecule has 32 heavy (non-hydrogen) atoms. The van der Waals surface area contributed by atoms with E-state index in [4.69, 9.17) is 0 Å². The van der Waals surface area contributed by atoms with Crippen molar-refractivity contribution in [2.75, 3.05) is 18.4 Å². The number of halogens is 4. The van der Waals surface area contributed by atoms with Crippen LogP contribution < -0.4 is 5.32 Å². The number of anilines is 1. The van der Waals surface area contributed by atoms with Crippen LogP contribution in [0.15, 0.2) is 48.1 Å². The third-order valence-corrected chi connectivity index (χ3v) is 5.57. The lowest BCUT2D eigenvalue weighted by atomic mass is 10.1. The van der Waals surface area contributed by atoms with Gasteiger partial charge >= 0.3 is 12.2 Å². The number of urea groups is 1. The number of carbonyl (C=O) groups is 2. The molecule has 2 aromatic heterocycles. The second-order valence-corrected chi connectivity index (χ2v) is 7.63. The van der Waals surface area contributed by atoms with Gasteiger partial charge in [0.2, 0.25) is 0 Å². The minimum absolute atomic E-state index is 0.0764. The number of alkyl halides is 3. The Labute approximate surface area is 183 Å². The fourth-order valence-corrected chi connectivity index (χ4v) is 4.00. The molecule has 4 rings (SSSR count). The topological polar surface area (TPSA) is 78.4 Å². The summed E-state index contributed by atoms with van der Waals surface area (Å²) in [5.41, 5.74) is -1.51. The molecule has 3 heterocycles. The second kappa shape index (κ2) is 8.54. The van der Waals surface area contributed by atoms with Gasteiger partial charge in [0.15, 0.2) is 0 Å². The van der Waals surface area contributed by atoms with Crippen molar-refractivity contribution in [1.29, 1.82) is 0 Å². The summed E-state index contributed by atoms with van der Waals surface area (Å²) >= 11 is 1.22. The summed E-state index contributed by atoms with van der Waals surface area (Å²) in [6.07, 6.45) is -1.27. The average molecular weight is 465 g/mol. The molecule has 0 spiro atoms. The van der Waals surface area contributed by atoms with Crippen LogP contribution in [-0.4, -0.2) is 45.0 Å². The molecule has 0 saturated carbocycles. The number of pyridine rings is 1. The van der Waals surface area contributed by atoms with Gasteiger partial charge in [0, 0.05) is 36.4 Å². The summed E-state index contributed by atoms with van der Waals surface area (Å²) in [5.74, 6) is -1.82. The van der Waals surface area contributed by atoms with E-state index in [1.54, 1.807) is 24.5 Å². The number of rotatable bonds is 3. The van der Waals surface area contributed by atoms with Gasteiger partial charge in [0.1, 0.15) is 16.5 Å². The zero-order valence-electron chi connectivity index (χ0n) is 16.3. The highest BCUT2D eigenvalue weighted by molar-refractivity contribution is 7.13. The number of para-hydroxylation sites is 1. The van der Waals surface area contributed by atoms with E-state index >= 15 is 0 Å². The number of nitrogens with zero attached hydrogens (tertiary/aromatic N) is 4. The van der Waals surface area contributed by atoms with E-state index in [0.717, 1.165) is 22.2 Å². The molecule has 12 heteroatoms. The van der Waals surface area contributed by atoms with Gasteiger partial charge in [0.05, 0.1) is 11.3 Å². The molecule has 3 aromatic rings. The van der Waals surface area contributed by atoms with Crippen molar-refractivity contribution < 1.29 is 27.2 Å². The maximum Gasteiger partial charge on any atom is 0.418 e. The molecule has 0 bridgehead atoms. The highest BCUT2D eigenvalue weighted by Crippen LogP contribution is 2.36. The first-order chi connectivity index (χ1) is 15.3. The van der Waals surface area contributed by atoms with E-state index in [0.29, 0.717) is 23.1 Å². The predicted octanol–water partition coefficient (Wildman–Crippen LogP) is 4.66. The van der Waals surface area contributed by atoms with Crippen LogP contribution in [0.4, 0.5) is 28.0 Å². The van der Waals surface area contributed by atoms with E-state index in [9.17, 15) is 27.2 Å². The van der Waals surface area contributed by atoms with Gasteiger partial charge in [-0.15, -0.1) is 11.3 Å². The fraction of sp³-hybridized carbons (Fsp3) is 0.200. The van der Waals surface area contributed by atoms with Gasteiger partial charge in [-0.25, -0.2) is 24.2 Å². The highest BCUT2D eigenvalue weighted by Gasteiger charge is 2.37. The number of carbonyl (C=O) groups excluding carboxylic acids is 2. The van der Waals surface area contributed by atoms with E-state index in [1.807, 2.05) is 5.32 Å². The van der Waals surface area contributed by atoms with E-state index in [1.165, 1.54) is 16.7 Å². The Morgan fingerprint density at radius 2 is 1.88 bits per heavy atom. The summed E-state index contributed by atoms with van der Waals surface area (Å²) < 4.78 is 53.7. The number of thiazole rings is 1. The first kappa shape index (κ1) is 21.7. The Balaban J connectivity index is 1.54. The van der Waals surface area contributed by atoms with Crippen molar-refractivity contribution in [2.24, 2.45) is 0 Å². The molecule has 1 N–H and O–H groups in total. The van der Waals surface area contributed by atoms with Crippen LogP contribution in [0.1, 0.15) is 22.5 Å². The maximum absolute atomic E-state index is 14.1. The quantitative estimate of drug-likeness (QED) is 0.571. The second-order valence-electron chi connectivity index (χ2n) is 6.77. The molecular weight excluding hydrogens is 450 g/mol. The lowest BCUT2D eigenvalue weighted by Crippen LogP contribution is -2.47. The molecule has 1 aromatic carbocycles. The van der Waals surface area contributed by atoms with Crippen LogP contribution in [0.25, 0.3) is 10.6 Å². The zero-order valence-corrected chi connectivity index (χ0v) is 17.1. The van der Waals surface area contributed by atoms with Crippen molar-refractivity contribution in [3.63, 3.8) is 0 Å². The number of aromatic nitrogens is 2. The van der Waals surface area contributed by atoms with Crippen LogP contribution in [0.2, 0.25) is 0 Å². The largest absolute Gasteiger partial charge is 0.418 e. The smallest absolute Gasteiger partial charge is 0.303 e. The highest BCUT2D eigenvalue weighted by atomic mass is 32.1. The lowest BCUT2D eigenvalue weighted by Gasteiger charge is -2.28. The van der Waals surface area contributed by atoms with Crippen LogP contribution >= 0.6 is 11.3 Å². The van der Waals surface area contributed by atoms with Gasteiger partial charge in [-0.1, -0.05) is 6.07 Å². The fourth-order valence-electron chi connectivity index (χ4n) is 3.22. The van der Waals surface area contributed by atoms with Crippen LogP contribution in [-0.2, 0) is 6.18 Å². The summed E-state index contributed by atoms with van der Waals surface area (Å²) in [6, 6.07) is 4.84. The van der Waals surface area contributed by atoms with Crippen molar-refractivity contribution in [3.05, 3.63) is 65.2 Å². The summed E-state index contributed by atoms with van der Waals surface area (Å²) in [4.78, 5) is 33.9. The van der Waals surface area contributed by atoms with E-state index in [2.05, 4.69) is 9.97 Å². The third-order valence-electron chi connectivity index (χ3n) is 4.68. The van der Waals surface area contributed by atoms with Gasteiger partial charge in [-0.05, 0) is 30.7 Å². The number of hydrazine groups is 1. The third kappa shape index (κ3) is 4.26. The average Bonchev–Trinajstić information content (AvgIpc) is 3.45. The van der Waals surface area contributed by atoms with E-state index < -0.39 is 35.2 Å². The van der Waals surface area contributed by atoms with Crippen molar-refractivity contribution >= 4 is 29.0 Å². The van der Waals surface area contributed by atoms with Gasteiger partial charge in [-0.2, -0.15) is 13.2 Å². The molecular formula is C20H15F4N5O2S. The van der Waals surface area contributed by atoms with E-state index in [-0.39, 0.29) is 18.8 Å². The number of benzene rings is 1. The molecule has 1 aliphatic heterocycles. The molecule has 0 radical (unpaired) electrons. The summed E-state index contributed by atoms with van der Waals surface area (Å²) in [6.45, 7) is 0.238. The first-order valence-electron chi connectivity index (χ1n) is 9.37. The molecule has 1 fully saturated rings. The van der Waals surface area contributed by atoms with Crippen molar-refractivity contribution in [3.8, 4) is 10.6 Å². The lowest BCUT2D eigenvalue weighted by molar-refractivity contribution is -0.137. The Hall–Kier alpha value is -3.54. The Morgan fingerprint density at radius 3 is 2.59 bits per heavy atom. The first-order valence-corrected chi connectivity index (χ1v) is 10.3. The molecule has 166 valence electrons. The maximum atomic E-state index is 14.1. The summed E-state index contributed by atoms with van der Waals surface area (Å²) in [7, 11) is 0. The zero-order chi connectivity index (χ0) is 22.9. The minimum atomic E-state index is -4.87. The molecule has 1 aliphatic rings. The molecule has 1 saturated heterocycles. The number of amides is 3. The van der Waals surface area contributed by atoms with Gasteiger partial charge in [-0.3, -0.25) is 9.78 Å². The van der Waals surface area contributed by atoms with Gasteiger partial charge in [0.25, 0.3) is 5.91 Å². The Morgan fingerprint density at radius 1 is 1.09 bits per heavy atom. The van der Waals surface area contributed by atoms with Crippen LogP contribution in [0, 0.1) is 5.82 Å². The molecule has 3 amide bonds. The van der Waals surface area contributed by atoms with Crippen LogP contribution in [0.5, 0.6) is 0 Å². The molecule has 0 unspecified atom stereocenters. The monoisotopic (exact) mass is 465 g/mol. The molecule has 0 atom stereocenters. The predicted molar refractivity (Wildman–Crippen MR) is 108 cm³/mol. The van der Waals surface area contributed by atoms with Crippen LogP contribution in [0.3, 0.4) is 0 Å². The summed E-state index contributed by atoms with van der Waals surface area (Å²) in [5, 5.41) is 6.09. The number of hydrogen-bond donors (Lipinski definition) is 1. The van der Waals surface area contributed by atoms with Gasteiger partial charge < -0.3 is 5.32 Å². The number of nitrogens with one attached hydrogen (secondary N) is 1. The molecule has 0 aliphatic carbocycles. The minimum Gasteiger partial charge on any atom is -0.303 e. The molecule has 7 nitrogen and oxygen atoms in total. The normalized spacial score (nSPS) is 14.0. The van der Waals surface area contributed by atoms with Crippen molar-refractivity contribution in [2.45, 2.75) is 12.6 Å². The Kier molecular flexibility index (Phi) is 5.78. The SMILES string of the molecule is O=C(Nc1c(F)cccc1C(F)(F)F)N1CCCN1C(=O)c1csc(-c2cccnc2)n1. The standard InChI is InChI=1S/C20H15F4N5O2S/c21-14-6-1-5-13(20(22,23)24)16(14)27-19(31)29-9-3-8-28(29)18(30)15-11-32-17(26-15)12-4-2-7-25-10-12/h1-2,4-7,10-11H,3,8-9H2,(H,27,31). The number of hydrogen-bond acceptors (Lipinski definition) is 5.